The molecule has 0 aromatic rings. The summed E-state index contributed by atoms with van der Waals surface area (Å²) in [6, 6.07) is 0. The Balaban J connectivity index is 0. The minimum atomic E-state index is -1.11. The summed E-state index contributed by atoms with van der Waals surface area (Å²) in [6.07, 6.45) is 5.82. The Morgan fingerprint density at radius 3 is 2.25 bits per heavy atom. The molecule has 0 amide bonds. The molecule has 0 aromatic heterocycles. The topological polar surface area (TPSA) is 0 Å². The Morgan fingerprint density at radius 2 is 1.83 bits per heavy atom. The molecule has 0 rings (SSSR count). The Labute approximate surface area is 90.7 Å². The molecule has 0 aliphatic carbocycles. The van der Waals surface area contributed by atoms with E-state index in [2.05, 4.69) is 44.4 Å². The first-order chi connectivity index (χ1) is 5.06. The quantitative estimate of drug-likeness (QED) is 0.249. The van der Waals surface area contributed by atoms with Crippen LogP contribution in [0.2, 0.25) is 19.6 Å². The van der Waals surface area contributed by atoms with Gasteiger partial charge in [-0.05, 0) is 0 Å². The second kappa shape index (κ2) is 7.87. The van der Waals surface area contributed by atoms with Gasteiger partial charge in [0.05, 0.1) is 0 Å². The van der Waals surface area contributed by atoms with Crippen LogP contribution >= 0.6 is 0 Å². The van der Waals surface area contributed by atoms with Crippen LogP contribution in [0.25, 0.3) is 0 Å². The van der Waals surface area contributed by atoms with Gasteiger partial charge in [-0.1, -0.05) is 45.8 Å². The van der Waals surface area contributed by atoms with E-state index in [4.69, 9.17) is 0 Å². The van der Waals surface area contributed by atoms with Crippen LogP contribution in [0, 0.1) is 17.9 Å². The van der Waals surface area contributed by atoms with Gasteiger partial charge < -0.3 is 5.54 Å². The fourth-order valence-electron chi connectivity index (χ4n) is 0.646. The maximum Gasteiger partial charge on any atom is 1.00 e. The predicted octanol–water partition coefficient (Wildman–Crippen LogP) is 0.266. The molecule has 0 unspecified atom stereocenters. The van der Waals surface area contributed by atoms with Crippen molar-refractivity contribution in [3.05, 3.63) is 6.42 Å². The Morgan fingerprint density at radius 1 is 1.25 bits per heavy atom. The summed E-state index contributed by atoms with van der Waals surface area (Å²) < 4.78 is 0. The van der Waals surface area contributed by atoms with Crippen LogP contribution in [-0.4, -0.2) is 8.07 Å². The number of hydrogen-bond acceptors (Lipinski definition) is 0. The zero-order valence-electron chi connectivity index (χ0n) is 9.20. The smallest absolute Gasteiger partial charge is 0.332 e. The van der Waals surface area contributed by atoms with Gasteiger partial charge in [-0.2, -0.15) is 6.42 Å². The first kappa shape index (κ1) is 14.8. The maximum absolute atomic E-state index is 3.31. The molecule has 0 aliphatic rings. The molecule has 0 radical (unpaired) electrons. The van der Waals surface area contributed by atoms with Crippen LogP contribution in [0.3, 0.4) is 0 Å². The van der Waals surface area contributed by atoms with Crippen LogP contribution in [0.4, 0.5) is 0 Å². The van der Waals surface area contributed by atoms with Gasteiger partial charge in [0.1, 0.15) is 0 Å². The molecular weight excluding hydrogens is 155 g/mol. The summed E-state index contributed by atoms with van der Waals surface area (Å²) in [5.41, 5.74) is 3.31. The van der Waals surface area contributed by atoms with Crippen molar-refractivity contribution < 1.29 is 18.9 Å². The molecule has 0 N–H and O–H groups in total. The molecule has 0 saturated heterocycles. The van der Waals surface area contributed by atoms with Gasteiger partial charge >= 0.3 is 18.9 Å². The molecule has 0 aliphatic heterocycles. The second-order valence-corrected chi connectivity index (χ2v) is 8.62. The minimum Gasteiger partial charge on any atom is -0.332 e. The van der Waals surface area contributed by atoms with E-state index >= 15 is 0 Å². The van der Waals surface area contributed by atoms with E-state index in [1.807, 2.05) is 0 Å². The van der Waals surface area contributed by atoms with Gasteiger partial charge in [-0.15, -0.1) is 0 Å². The van der Waals surface area contributed by atoms with Crippen molar-refractivity contribution in [1.82, 2.24) is 0 Å². The third kappa shape index (κ3) is 12.9. The van der Waals surface area contributed by atoms with E-state index < -0.39 is 8.07 Å². The van der Waals surface area contributed by atoms with Crippen molar-refractivity contribution in [3.8, 4) is 11.5 Å². The van der Waals surface area contributed by atoms with Crippen LogP contribution in [0.1, 0.15) is 26.2 Å². The molecule has 0 aromatic carbocycles. The van der Waals surface area contributed by atoms with Crippen LogP contribution in [0.15, 0.2) is 0 Å². The van der Waals surface area contributed by atoms with Gasteiger partial charge in [0.15, 0.2) is 0 Å². The summed E-state index contributed by atoms with van der Waals surface area (Å²) in [4.78, 5) is 0. The van der Waals surface area contributed by atoms with Crippen molar-refractivity contribution in [1.29, 1.82) is 0 Å². The molecule has 12 heavy (non-hydrogen) atoms. The average molecular weight is 174 g/mol. The molecule has 0 heterocycles. The van der Waals surface area contributed by atoms with Gasteiger partial charge in [-0.25, -0.2) is 0 Å². The molecule has 0 nitrogen and oxygen atoms in total. The summed E-state index contributed by atoms with van der Waals surface area (Å²) >= 11 is 0. The third-order valence-electron chi connectivity index (χ3n) is 1.25. The van der Waals surface area contributed by atoms with Crippen molar-refractivity contribution in [2.75, 3.05) is 0 Å². The zero-order valence-corrected chi connectivity index (χ0v) is 10.2. The van der Waals surface area contributed by atoms with E-state index in [-0.39, 0.29) is 18.9 Å². The van der Waals surface area contributed by atoms with Gasteiger partial charge in [-0.3, -0.25) is 5.92 Å². The average Bonchev–Trinajstić information content (AvgIpc) is 1.85. The number of unbranched alkanes of at least 4 members (excludes halogenated alkanes) is 3. The van der Waals surface area contributed by atoms with E-state index in [0.717, 1.165) is 6.42 Å². The first-order valence-corrected chi connectivity index (χ1v) is 7.90. The largest absolute Gasteiger partial charge is 1.00 e. The Bertz CT molecular complexity index is 147. The predicted molar refractivity (Wildman–Crippen MR) is 54.9 cm³/mol. The summed E-state index contributed by atoms with van der Waals surface area (Å²) in [5.74, 6) is 3.15. The van der Waals surface area contributed by atoms with Gasteiger partial charge in [0.2, 0.25) is 0 Å². The first-order valence-electron chi connectivity index (χ1n) is 4.40. The summed E-state index contributed by atoms with van der Waals surface area (Å²) in [6.45, 7) is 9.02. The number of rotatable bonds is 3. The van der Waals surface area contributed by atoms with Crippen LogP contribution in [-0.2, 0) is 0 Å². The summed E-state index contributed by atoms with van der Waals surface area (Å²) in [7, 11) is -1.11. The fourth-order valence-corrected chi connectivity index (χ4v) is 1.18. The van der Waals surface area contributed by atoms with Crippen molar-refractivity contribution >= 4 is 8.07 Å². The fraction of sp³-hybridized carbons (Fsp3) is 0.700. The summed E-state index contributed by atoms with van der Waals surface area (Å²) in [5, 5.41) is 0. The van der Waals surface area contributed by atoms with E-state index in [9.17, 15) is 0 Å². The minimum absolute atomic E-state index is 0. The van der Waals surface area contributed by atoms with E-state index in [0.29, 0.717) is 0 Å². The maximum atomic E-state index is 3.31. The zero-order chi connectivity index (χ0) is 8.74. The molecule has 0 bridgehead atoms. The molecule has 0 spiro atoms. The van der Waals surface area contributed by atoms with Crippen molar-refractivity contribution in [2.24, 2.45) is 0 Å². The van der Waals surface area contributed by atoms with Crippen molar-refractivity contribution in [2.45, 2.75) is 45.8 Å². The second-order valence-electron chi connectivity index (χ2n) is 3.87. The van der Waals surface area contributed by atoms with E-state index in [1.165, 1.54) is 12.8 Å². The Kier molecular flexibility index (Phi) is 9.68. The normalized spacial score (nSPS) is 9.33. The molecular formula is C10H19LiSi. The molecule has 64 valence electrons. The molecule has 2 heteroatoms. The SMILES string of the molecule is CCCC[CH-]C#C[Si](C)(C)C.[Li+]. The molecule has 0 saturated carbocycles. The standard InChI is InChI=1S/C10H19Si.Li/c1-5-6-7-8-9-10-11(2,3)4;/h8H,5-7H2,1-4H3;/q-1;+1. The van der Waals surface area contributed by atoms with Gasteiger partial charge in [0.25, 0.3) is 0 Å². The van der Waals surface area contributed by atoms with Crippen LogP contribution < -0.4 is 18.9 Å². The van der Waals surface area contributed by atoms with Gasteiger partial charge in [0, 0.05) is 8.07 Å². The van der Waals surface area contributed by atoms with E-state index in [1.54, 1.807) is 0 Å². The number of hydrogen-bond donors (Lipinski definition) is 0. The monoisotopic (exact) mass is 174 g/mol. The third-order valence-corrected chi connectivity index (χ3v) is 2.15. The van der Waals surface area contributed by atoms with Crippen molar-refractivity contribution in [3.63, 3.8) is 0 Å². The molecule has 0 atom stereocenters. The Hall–Kier alpha value is 0.244. The van der Waals surface area contributed by atoms with Crippen LogP contribution in [0.5, 0.6) is 0 Å². The molecule has 0 fully saturated rings.